The van der Waals surface area contributed by atoms with Crippen LogP contribution in [0.5, 0.6) is 5.88 Å². The van der Waals surface area contributed by atoms with Crippen LogP contribution in [0.2, 0.25) is 0 Å². The number of aromatic nitrogens is 2. The lowest BCUT2D eigenvalue weighted by Crippen LogP contribution is -2.16. The Hall–Kier alpha value is -3.32. The molecule has 0 atom stereocenters. The Morgan fingerprint density at radius 1 is 0.867 bits per heavy atom. The van der Waals surface area contributed by atoms with Crippen LogP contribution in [-0.2, 0) is 20.0 Å². The first kappa shape index (κ1) is 21.4. The van der Waals surface area contributed by atoms with Crippen molar-refractivity contribution in [2.45, 2.75) is 9.79 Å². The number of ether oxygens (including phenoxy) is 1. The number of nitrogens with one attached hydrogen (secondary N) is 2. The summed E-state index contributed by atoms with van der Waals surface area (Å²) in [6.07, 6.45) is 1.11. The van der Waals surface area contributed by atoms with Crippen molar-refractivity contribution in [3.05, 3.63) is 66.5 Å². The van der Waals surface area contributed by atoms with E-state index in [9.17, 15) is 25.6 Å². The smallest absolute Gasteiger partial charge is 0.264 e. The Morgan fingerprint density at radius 3 is 2.23 bits per heavy atom. The van der Waals surface area contributed by atoms with Gasteiger partial charge < -0.3 is 4.74 Å². The SMILES string of the molecule is COc1cc(NS(=O)(=O)c2ccc(NS(=O)(=O)c3cc(F)ccc3F)cc2)ncn1. The van der Waals surface area contributed by atoms with Crippen LogP contribution in [0.4, 0.5) is 20.3 Å². The number of sulfonamides is 2. The molecule has 0 aliphatic rings. The fraction of sp³-hybridized carbons (Fsp3) is 0.0588. The van der Waals surface area contributed by atoms with E-state index in [-0.39, 0.29) is 22.3 Å². The summed E-state index contributed by atoms with van der Waals surface area (Å²) in [5, 5.41) is 0. The number of benzene rings is 2. The van der Waals surface area contributed by atoms with Crippen molar-refractivity contribution in [3.63, 3.8) is 0 Å². The maximum absolute atomic E-state index is 13.8. The number of hydrogen-bond acceptors (Lipinski definition) is 7. The van der Waals surface area contributed by atoms with Gasteiger partial charge >= 0.3 is 0 Å². The van der Waals surface area contributed by atoms with E-state index in [1.165, 1.54) is 13.2 Å². The highest BCUT2D eigenvalue weighted by Gasteiger charge is 2.21. The van der Waals surface area contributed by atoms with Gasteiger partial charge in [0, 0.05) is 11.8 Å². The maximum atomic E-state index is 13.8. The van der Waals surface area contributed by atoms with Crippen LogP contribution in [0, 0.1) is 11.6 Å². The van der Waals surface area contributed by atoms with Crippen LogP contribution in [0.1, 0.15) is 0 Å². The molecule has 0 aliphatic carbocycles. The van der Waals surface area contributed by atoms with Crippen molar-refractivity contribution in [2.75, 3.05) is 16.6 Å². The van der Waals surface area contributed by atoms with Gasteiger partial charge in [0.1, 0.15) is 28.7 Å². The summed E-state index contributed by atoms with van der Waals surface area (Å²) in [7, 11) is -7.12. The van der Waals surface area contributed by atoms with Gasteiger partial charge in [0.25, 0.3) is 20.0 Å². The first-order valence-electron chi connectivity index (χ1n) is 8.07. The predicted octanol–water partition coefficient (Wildman–Crippen LogP) is 2.37. The normalized spacial score (nSPS) is 11.7. The largest absolute Gasteiger partial charge is 0.481 e. The fourth-order valence-corrected chi connectivity index (χ4v) is 4.45. The summed E-state index contributed by atoms with van der Waals surface area (Å²) in [6.45, 7) is 0. The lowest BCUT2D eigenvalue weighted by atomic mass is 10.3. The molecule has 2 aromatic carbocycles. The van der Waals surface area contributed by atoms with E-state index in [1.807, 2.05) is 0 Å². The quantitative estimate of drug-likeness (QED) is 0.559. The molecule has 0 radical (unpaired) electrons. The second-order valence-corrected chi connectivity index (χ2v) is 9.09. The highest BCUT2D eigenvalue weighted by Crippen LogP contribution is 2.22. The van der Waals surface area contributed by atoms with Crippen molar-refractivity contribution in [1.29, 1.82) is 0 Å². The average molecular weight is 456 g/mol. The summed E-state index contributed by atoms with van der Waals surface area (Å²) < 4.78 is 85.7. The van der Waals surface area contributed by atoms with E-state index in [1.54, 1.807) is 0 Å². The van der Waals surface area contributed by atoms with Crippen molar-refractivity contribution in [2.24, 2.45) is 0 Å². The molecule has 9 nitrogen and oxygen atoms in total. The highest BCUT2D eigenvalue weighted by molar-refractivity contribution is 7.93. The molecule has 0 fully saturated rings. The van der Waals surface area contributed by atoms with Gasteiger partial charge in [-0.05, 0) is 42.5 Å². The van der Waals surface area contributed by atoms with Gasteiger partial charge in [0.05, 0.1) is 12.0 Å². The number of anilines is 2. The van der Waals surface area contributed by atoms with Crippen LogP contribution in [0.3, 0.4) is 0 Å². The van der Waals surface area contributed by atoms with Gasteiger partial charge in [-0.25, -0.2) is 35.6 Å². The van der Waals surface area contributed by atoms with Crippen LogP contribution in [0.25, 0.3) is 0 Å². The summed E-state index contributed by atoms with van der Waals surface area (Å²) in [4.78, 5) is 6.46. The minimum absolute atomic E-state index is 0.0341. The minimum atomic E-state index is -4.43. The second-order valence-electron chi connectivity index (χ2n) is 5.76. The molecule has 0 bridgehead atoms. The molecule has 0 unspecified atom stereocenters. The van der Waals surface area contributed by atoms with Crippen LogP contribution < -0.4 is 14.2 Å². The van der Waals surface area contributed by atoms with Crippen LogP contribution in [0.15, 0.2) is 64.6 Å². The van der Waals surface area contributed by atoms with E-state index in [0.29, 0.717) is 12.1 Å². The fourth-order valence-electron chi connectivity index (χ4n) is 2.30. The lowest BCUT2D eigenvalue weighted by molar-refractivity contribution is 0.397. The summed E-state index contributed by atoms with van der Waals surface area (Å²) in [6, 6.07) is 7.85. The summed E-state index contributed by atoms with van der Waals surface area (Å²) in [5.41, 5.74) is -0.0543. The zero-order valence-electron chi connectivity index (χ0n) is 15.2. The Morgan fingerprint density at radius 2 is 1.57 bits per heavy atom. The Bertz CT molecular complexity index is 1280. The Balaban J connectivity index is 1.81. The molecule has 0 saturated heterocycles. The van der Waals surface area contributed by atoms with Gasteiger partial charge in [-0.2, -0.15) is 0 Å². The van der Waals surface area contributed by atoms with Gasteiger partial charge in [0.2, 0.25) is 5.88 Å². The molecule has 0 saturated carbocycles. The molecule has 13 heteroatoms. The van der Waals surface area contributed by atoms with E-state index >= 15 is 0 Å². The van der Waals surface area contributed by atoms with E-state index < -0.39 is 36.6 Å². The Kier molecular flexibility index (Phi) is 5.85. The molecular weight excluding hydrogens is 442 g/mol. The number of rotatable bonds is 7. The number of halogens is 2. The van der Waals surface area contributed by atoms with Gasteiger partial charge in [-0.15, -0.1) is 0 Å². The lowest BCUT2D eigenvalue weighted by Gasteiger charge is -2.11. The molecule has 1 heterocycles. The molecule has 3 rings (SSSR count). The molecule has 30 heavy (non-hydrogen) atoms. The molecule has 1 aromatic heterocycles. The van der Waals surface area contributed by atoms with Crippen LogP contribution in [-0.4, -0.2) is 33.9 Å². The molecule has 0 aliphatic heterocycles. The van der Waals surface area contributed by atoms with Crippen molar-refractivity contribution < 1.29 is 30.4 Å². The van der Waals surface area contributed by atoms with E-state index in [4.69, 9.17) is 4.74 Å². The topological polar surface area (TPSA) is 127 Å². The van der Waals surface area contributed by atoms with Crippen molar-refractivity contribution in [3.8, 4) is 5.88 Å². The van der Waals surface area contributed by atoms with Gasteiger partial charge in [0.15, 0.2) is 0 Å². The van der Waals surface area contributed by atoms with Crippen molar-refractivity contribution >= 4 is 31.6 Å². The third-order valence-corrected chi connectivity index (χ3v) is 6.46. The molecule has 0 amide bonds. The maximum Gasteiger partial charge on any atom is 0.264 e. The third-order valence-electron chi connectivity index (χ3n) is 3.69. The molecule has 158 valence electrons. The predicted molar refractivity (Wildman–Crippen MR) is 103 cm³/mol. The summed E-state index contributed by atoms with van der Waals surface area (Å²) >= 11 is 0. The summed E-state index contributed by atoms with van der Waals surface area (Å²) in [5.74, 6) is -1.94. The number of nitrogens with zero attached hydrogens (tertiary/aromatic N) is 2. The standard InChI is InChI=1S/C17H14F2N4O5S2/c1-28-17-9-16(20-10-21-17)23-29(24,25)13-5-3-12(4-6-13)22-30(26,27)15-8-11(18)2-7-14(15)19/h2-10,22H,1H3,(H,20,21,23). The molecule has 0 spiro atoms. The highest BCUT2D eigenvalue weighted by atomic mass is 32.2. The first-order valence-corrected chi connectivity index (χ1v) is 11.0. The van der Waals surface area contributed by atoms with Gasteiger partial charge in [-0.3, -0.25) is 9.44 Å². The average Bonchev–Trinajstić information content (AvgIpc) is 2.69. The molecular formula is C17H14F2N4O5S2. The number of methoxy groups -OCH3 is 1. The van der Waals surface area contributed by atoms with Crippen LogP contribution >= 0.6 is 0 Å². The first-order chi connectivity index (χ1) is 14.1. The number of hydrogen-bond donors (Lipinski definition) is 2. The monoisotopic (exact) mass is 456 g/mol. The van der Waals surface area contributed by atoms with E-state index in [2.05, 4.69) is 19.4 Å². The minimum Gasteiger partial charge on any atom is -0.481 e. The molecule has 3 aromatic rings. The third kappa shape index (κ3) is 4.80. The zero-order chi connectivity index (χ0) is 21.9. The van der Waals surface area contributed by atoms with Gasteiger partial charge in [-0.1, -0.05) is 0 Å². The van der Waals surface area contributed by atoms with Crippen molar-refractivity contribution in [1.82, 2.24) is 9.97 Å². The molecule has 2 N–H and O–H groups in total. The Labute approximate surface area is 170 Å². The van der Waals surface area contributed by atoms with E-state index in [0.717, 1.165) is 36.7 Å². The second kappa shape index (κ2) is 8.20. The zero-order valence-corrected chi connectivity index (χ0v) is 16.8.